The molecular weight excluding hydrogens is 314 g/mol. The third kappa shape index (κ3) is 3.58. The second-order valence-electron chi connectivity index (χ2n) is 4.57. The number of hydrazine groups is 1. The maximum atomic E-state index is 6.09. The fourth-order valence-corrected chi connectivity index (χ4v) is 2.02. The summed E-state index contributed by atoms with van der Waals surface area (Å²) in [6.07, 6.45) is 3.01. The summed E-state index contributed by atoms with van der Waals surface area (Å²) >= 11 is 6.02. The fraction of sp³-hybridized carbons (Fsp3) is 0. The van der Waals surface area contributed by atoms with E-state index in [-0.39, 0.29) is 0 Å². The Morgan fingerprint density at radius 1 is 0.870 bits per heavy atom. The number of hydrogen-bond acceptors (Lipinski definition) is 7. The molecule has 2 heterocycles. The third-order valence-electron chi connectivity index (χ3n) is 3.00. The van der Waals surface area contributed by atoms with Gasteiger partial charge >= 0.3 is 0 Å². The van der Waals surface area contributed by atoms with Gasteiger partial charge in [-0.3, -0.25) is 10.9 Å². The number of nitrogens with zero attached hydrogens (tertiary/aromatic N) is 3. The van der Waals surface area contributed by atoms with Crippen LogP contribution in [0.5, 0.6) is 0 Å². The molecule has 0 bridgehead atoms. The highest BCUT2D eigenvalue weighted by atomic mass is 35.5. The van der Waals surface area contributed by atoms with E-state index < -0.39 is 0 Å². The number of nitrogens with two attached hydrogens (primary N) is 1. The first-order valence-corrected chi connectivity index (χ1v) is 7.17. The van der Waals surface area contributed by atoms with Crippen molar-refractivity contribution in [3.05, 3.63) is 60.1 Å². The van der Waals surface area contributed by atoms with Crippen LogP contribution in [0.3, 0.4) is 0 Å². The largest absolute Gasteiger partial charge is 0.393 e. The summed E-state index contributed by atoms with van der Waals surface area (Å²) in [5, 5.41) is 3.38. The lowest BCUT2D eigenvalue weighted by Crippen LogP contribution is -2.13. The maximum absolute atomic E-state index is 6.09. The van der Waals surface area contributed by atoms with Gasteiger partial charge in [-0.1, -0.05) is 29.8 Å². The topological polar surface area (TPSA) is 101 Å². The summed E-state index contributed by atoms with van der Waals surface area (Å²) < 4.78 is 0. The van der Waals surface area contributed by atoms with Crippen molar-refractivity contribution in [2.75, 3.05) is 21.9 Å². The molecule has 5 N–H and O–H groups in total. The highest BCUT2D eigenvalue weighted by Crippen LogP contribution is 2.28. The van der Waals surface area contributed by atoms with E-state index in [2.05, 4.69) is 31.1 Å². The van der Waals surface area contributed by atoms with Gasteiger partial charge in [-0.2, -0.15) is 0 Å². The molecule has 0 amide bonds. The van der Waals surface area contributed by atoms with E-state index in [1.165, 1.54) is 6.33 Å². The molecule has 0 saturated carbocycles. The van der Waals surface area contributed by atoms with Crippen molar-refractivity contribution in [3.8, 4) is 0 Å². The molecule has 3 aromatic rings. The van der Waals surface area contributed by atoms with E-state index in [9.17, 15) is 0 Å². The van der Waals surface area contributed by atoms with Crippen LogP contribution in [-0.2, 0) is 0 Å². The van der Waals surface area contributed by atoms with E-state index >= 15 is 0 Å². The number of para-hydroxylation sites is 1. The van der Waals surface area contributed by atoms with Crippen molar-refractivity contribution in [1.82, 2.24) is 15.0 Å². The first-order valence-electron chi connectivity index (χ1n) is 6.79. The fourth-order valence-electron chi connectivity index (χ4n) is 1.85. The van der Waals surface area contributed by atoms with Gasteiger partial charge in [-0.05, 0) is 24.3 Å². The van der Waals surface area contributed by atoms with Gasteiger partial charge in [0.2, 0.25) is 0 Å². The number of pyridine rings is 1. The molecular formula is C15H14ClN7. The molecule has 0 atom stereocenters. The summed E-state index contributed by atoms with van der Waals surface area (Å²) in [7, 11) is 0. The molecule has 0 aliphatic carbocycles. The number of halogens is 1. The second kappa shape index (κ2) is 6.80. The Kier molecular flexibility index (Phi) is 4.39. The second-order valence-corrected chi connectivity index (χ2v) is 4.93. The summed E-state index contributed by atoms with van der Waals surface area (Å²) in [5.41, 5.74) is 13.9. The summed E-state index contributed by atoms with van der Waals surface area (Å²) in [6, 6.07) is 13.2. The van der Waals surface area contributed by atoms with Gasteiger partial charge in [0.15, 0.2) is 16.8 Å². The van der Waals surface area contributed by atoms with Crippen molar-refractivity contribution in [1.29, 1.82) is 0 Å². The molecule has 116 valence electrons. The van der Waals surface area contributed by atoms with Gasteiger partial charge < -0.3 is 11.1 Å². The zero-order valence-electron chi connectivity index (χ0n) is 12.0. The molecule has 3 rings (SSSR count). The zero-order valence-corrected chi connectivity index (χ0v) is 12.7. The zero-order chi connectivity index (χ0) is 16.1. The Balaban J connectivity index is 1.77. The van der Waals surface area contributed by atoms with Crippen molar-refractivity contribution in [3.63, 3.8) is 0 Å². The van der Waals surface area contributed by atoms with Crippen LogP contribution in [-0.4, -0.2) is 15.0 Å². The highest BCUT2D eigenvalue weighted by Gasteiger charge is 2.10. The molecule has 0 saturated heterocycles. The first-order chi connectivity index (χ1) is 11.2. The van der Waals surface area contributed by atoms with Crippen LogP contribution in [0.4, 0.5) is 28.7 Å². The molecule has 8 heteroatoms. The van der Waals surface area contributed by atoms with Crippen molar-refractivity contribution in [2.45, 2.75) is 0 Å². The molecule has 0 aliphatic heterocycles. The number of nitrogens with one attached hydrogen (secondary N) is 3. The van der Waals surface area contributed by atoms with Gasteiger partial charge in [-0.25, -0.2) is 15.0 Å². The summed E-state index contributed by atoms with van der Waals surface area (Å²) in [4.78, 5) is 12.2. The average molecular weight is 328 g/mol. The quantitative estimate of drug-likeness (QED) is 0.421. The highest BCUT2D eigenvalue weighted by molar-refractivity contribution is 6.32. The van der Waals surface area contributed by atoms with Crippen LogP contribution in [0.1, 0.15) is 0 Å². The summed E-state index contributed by atoms with van der Waals surface area (Å²) in [6.45, 7) is 0. The lowest BCUT2D eigenvalue weighted by molar-refractivity contribution is 1.15. The SMILES string of the molecule is Nc1c(NNc2ccccc2)ncnc1Nc1cccnc1Cl. The van der Waals surface area contributed by atoms with E-state index in [1.54, 1.807) is 18.3 Å². The van der Waals surface area contributed by atoms with Crippen molar-refractivity contribution >= 4 is 40.3 Å². The molecule has 0 aliphatic rings. The Morgan fingerprint density at radius 2 is 1.65 bits per heavy atom. The van der Waals surface area contributed by atoms with Crippen molar-refractivity contribution in [2.24, 2.45) is 0 Å². The van der Waals surface area contributed by atoms with Crippen LogP contribution in [0, 0.1) is 0 Å². The smallest absolute Gasteiger partial charge is 0.173 e. The minimum atomic E-state index is 0.336. The third-order valence-corrected chi connectivity index (χ3v) is 3.30. The summed E-state index contributed by atoms with van der Waals surface area (Å²) in [5.74, 6) is 0.888. The van der Waals surface area contributed by atoms with Crippen LogP contribution in [0.25, 0.3) is 0 Å². The number of benzene rings is 1. The van der Waals surface area contributed by atoms with E-state index in [1.807, 2.05) is 30.3 Å². The molecule has 0 fully saturated rings. The molecule has 0 radical (unpaired) electrons. The molecule has 1 aromatic carbocycles. The van der Waals surface area contributed by atoms with E-state index in [0.29, 0.717) is 28.2 Å². The Labute approximate surface area is 137 Å². The normalized spacial score (nSPS) is 10.1. The number of hydrogen-bond donors (Lipinski definition) is 4. The number of rotatable bonds is 5. The lowest BCUT2D eigenvalue weighted by atomic mass is 10.3. The molecule has 23 heavy (non-hydrogen) atoms. The molecule has 2 aromatic heterocycles. The first kappa shape index (κ1) is 14.9. The van der Waals surface area contributed by atoms with Crippen molar-refractivity contribution < 1.29 is 0 Å². The Bertz CT molecular complexity index is 795. The monoisotopic (exact) mass is 327 g/mol. The maximum Gasteiger partial charge on any atom is 0.173 e. The lowest BCUT2D eigenvalue weighted by Gasteiger charge is -2.14. The van der Waals surface area contributed by atoms with Gasteiger partial charge in [0, 0.05) is 6.20 Å². The van der Waals surface area contributed by atoms with E-state index in [4.69, 9.17) is 17.3 Å². The predicted molar refractivity (Wildman–Crippen MR) is 92.7 cm³/mol. The van der Waals surface area contributed by atoms with Crippen LogP contribution >= 0.6 is 11.6 Å². The number of nitrogen functional groups attached to an aromatic ring is 1. The van der Waals surface area contributed by atoms with E-state index in [0.717, 1.165) is 5.69 Å². The Hall–Kier alpha value is -3.06. The molecule has 0 spiro atoms. The van der Waals surface area contributed by atoms with Gasteiger partial charge in [-0.15, -0.1) is 0 Å². The average Bonchev–Trinajstić information content (AvgIpc) is 2.58. The minimum Gasteiger partial charge on any atom is -0.393 e. The number of aromatic nitrogens is 3. The van der Waals surface area contributed by atoms with Crippen LogP contribution < -0.4 is 21.9 Å². The van der Waals surface area contributed by atoms with Crippen LogP contribution in [0.15, 0.2) is 55.0 Å². The van der Waals surface area contributed by atoms with Gasteiger partial charge in [0.1, 0.15) is 12.0 Å². The standard InChI is InChI=1S/C15H14ClN7/c16-13-11(7-4-8-18-13)21-14-12(17)15(20-9-19-14)23-22-10-5-2-1-3-6-10/h1-9,22H,17H2,(H2,19,20,21,23). The molecule has 7 nitrogen and oxygen atoms in total. The number of anilines is 5. The van der Waals surface area contributed by atoms with Gasteiger partial charge in [0.05, 0.1) is 11.4 Å². The van der Waals surface area contributed by atoms with Gasteiger partial charge in [0.25, 0.3) is 0 Å². The Morgan fingerprint density at radius 3 is 2.43 bits per heavy atom. The van der Waals surface area contributed by atoms with Crippen LogP contribution in [0.2, 0.25) is 5.15 Å². The predicted octanol–water partition coefficient (Wildman–Crippen LogP) is 3.29. The minimum absolute atomic E-state index is 0.336. The molecule has 0 unspecified atom stereocenters.